The van der Waals surface area contributed by atoms with Gasteiger partial charge < -0.3 is 10.5 Å². The van der Waals surface area contributed by atoms with E-state index in [1.54, 1.807) is 18.2 Å². The Morgan fingerprint density at radius 3 is 2.22 bits per heavy atom. The molecule has 2 aromatic rings. The first kappa shape index (κ1) is 16.5. The number of halogens is 3. The molecule has 0 aliphatic carbocycles. The van der Waals surface area contributed by atoms with Crippen molar-refractivity contribution in [2.75, 3.05) is 0 Å². The number of alkyl halides is 3. The van der Waals surface area contributed by atoms with Crippen molar-refractivity contribution in [3.8, 4) is 0 Å². The fraction of sp³-hybridized carbons (Fsp3) is 0.125. The van der Waals surface area contributed by atoms with E-state index < -0.39 is 29.7 Å². The van der Waals surface area contributed by atoms with E-state index in [0.717, 1.165) is 12.1 Å². The van der Waals surface area contributed by atoms with Crippen molar-refractivity contribution in [1.29, 1.82) is 0 Å². The lowest BCUT2D eigenvalue weighted by molar-refractivity contribution is -0.137. The number of esters is 1. The van der Waals surface area contributed by atoms with Gasteiger partial charge in [-0.15, -0.1) is 0 Å². The van der Waals surface area contributed by atoms with Gasteiger partial charge in [0.25, 0.3) is 5.91 Å². The highest BCUT2D eigenvalue weighted by Gasteiger charge is 2.31. The van der Waals surface area contributed by atoms with Gasteiger partial charge in [-0.25, -0.2) is 4.79 Å². The molecule has 1 amide bonds. The minimum Gasteiger partial charge on any atom is -0.444 e. The van der Waals surface area contributed by atoms with Gasteiger partial charge in [-0.05, 0) is 18.2 Å². The van der Waals surface area contributed by atoms with Crippen molar-refractivity contribution in [2.24, 2.45) is 5.73 Å². The van der Waals surface area contributed by atoms with E-state index in [0.29, 0.717) is 11.6 Å². The maximum absolute atomic E-state index is 12.7. The molecule has 120 valence electrons. The number of rotatable bonds is 4. The third-order valence-corrected chi connectivity index (χ3v) is 3.01. The maximum Gasteiger partial charge on any atom is 0.416 e. The Hall–Kier alpha value is -2.83. The van der Waals surface area contributed by atoms with Gasteiger partial charge in [-0.2, -0.15) is 13.2 Å². The van der Waals surface area contributed by atoms with Crippen LogP contribution >= 0.6 is 0 Å². The number of hydrogen-bond donors (Lipinski definition) is 1. The van der Waals surface area contributed by atoms with Crippen molar-refractivity contribution < 1.29 is 27.5 Å². The van der Waals surface area contributed by atoms with Crippen LogP contribution in [0.4, 0.5) is 13.2 Å². The summed E-state index contributed by atoms with van der Waals surface area (Å²) < 4.78 is 43.0. The molecule has 7 heteroatoms. The molecule has 0 saturated carbocycles. The maximum atomic E-state index is 12.7. The van der Waals surface area contributed by atoms with Crippen LogP contribution in [-0.4, -0.2) is 11.9 Å². The van der Waals surface area contributed by atoms with Gasteiger partial charge >= 0.3 is 12.1 Å². The summed E-state index contributed by atoms with van der Waals surface area (Å²) in [6.07, 6.45) is -5.96. The molecule has 0 unspecified atom stereocenters. The average molecular weight is 323 g/mol. The van der Waals surface area contributed by atoms with E-state index in [4.69, 9.17) is 10.5 Å². The molecule has 0 fully saturated rings. The van der Waals surface area contributed by atoms with Crippen LogP contribution in [0.25, 0.3) is 0 Å². The number of amides is 1. The quantitative estimate of drug-likeness (QED) is 0.879. The van der Waals surface area contributed by atoms with Gasteiger partial charge in [0, 0.05) is 5.56 Å². The number of benzene rings is 2. The summed E-state index contributed by atoms with van der Waals surface area (Å²) in [6, 6.07) is 11.7. The Morgan fingerprint density at radius 1 is 1.00 bits per heavy atom. The first-order valence-corrected chi connectivity index (χ1v) is 6.51. The van der Waals surface area contributed by atoms with Gasteiger partial charge in [0.2, 0.25) is 6.10 Å². The van der Waals surface area contributed by atoms with Crippen LogP contribution in [0, 0.1) is 0 Å². The lowest BCUT2D eigenvalue weighted by Gasteiger charge is -2.15. The Morgan fingerprint density at radius 2 is 1.65 bits per heavy atom. The van der Waals surface area contributed by atoms with Crippen molar-refractivity contribution in [2.45, 2.75) is 12.3 Å². The zero-order valence-electron chi connectivity index (χ0n) is 11.7. The predicted molar refractivity (Wildman–Crippen MR) is 75.2 cm³/mol. The second-order valence-corrected chi connectivity index (χ2v) is 4.68. The van der Waals surface area contributed by atoms with Crippen molar-refractivity contribution in [1.82, 2.24) is 0 Å². The van der Waals surface area contributed by atoms with E-state index in [1.165, 1.54) is 18.2 Å². The third kappa shape index (κ3) is 4.09. The predicted octanol–water partition coefficient (Wildman–Crippen LogP) is 3.09. The minimum atomic E-state index is -4.58. The molecular weight excluding hydrogens is 311 g/mol. The lowest BCUT2D eigenvalue weighted by atomic mass is 10.1. The second kappa shape index (κ2) is 6.51. The molecule has 0 aliphatic rings. The van der Waals surface area contributed by atoms with E-state index >= 15 is 0 Å². The van der Waals surface area contributed by atoms with Crippen LogP contribution in [0.2, 0.25) is 0 Å². The monoisotopic (exact) mass is 323 g/mol. The second-order valence-electron chi connectivity index (χ2n) is 4.68. The lowest BCUT2D eigenvalue weighted by Crippen LogP contribution is -2.26. The van der Waals surface area contributed by atoms with Crippen LogP contribution in [-0.2, 0) is 15.7 Å². The number of hydrogen-bond acceptors (Lipinski definition) is 3. The summed E-state index contributed by atoms with van der Waals surface area (Å²) in [5.41, 5.74) is 4.23. The van der Waals surface area contributed by atoms with Crippen molar-refractivity contribution >= 4 is 11.9 Å². The molecule has 2 rings (SSSR count). The SMILES string of the molecule is NC(=O)[C@H](OC(=O)c1cccc(C(F)(F)F)c1)c1ccccc1. The van der Waals surface area contributed by atoms with E-state index in [-0.39, 0.29) is 5.56 Å². The minimum absolute atomic E-state index is 0.318. The molecule has 0 saturated heterocycles. The highest BCUT2D eigenvalue weighted by atomic mass is 19.4. The molecule has 1 atom stereocenters. The molecule has 0 heterocycles. The molecule has 0 aromatic heterocycles. The summed E-state index contributed by atoms with van der Waals surface area (Å²) in [5.74, 6) is -1.99. The Labute approximate surface area is 129 Å². The third-order valence-electron chi connectivity index (χ3n) is 3.01. The Bertz CT molecular complexity index is 714. The van der Waals surface area contributed by atoms with Gasteiger partial charge in [-0.3, -0.25) is 4.79 Å². The smallest absolute Gasteiger partial charge is 0.416 e. The molecule has 0 aliphatic heterocycles. The first-order chi connectivity index (χ1) is 10.8. The number of carbonyl (C=O) groups excluding carboxylic acids is 2. The summed E-state index contributed by atoms with van der Waals surface area (Å²) in [6.45, 7) is 0. The molecule has 2 aromatic carbocycles. The highest BCUT2D eigenvalue weighted by molar-refractivity contribution is 5.92. The fourth-order valence-electron chi connectivity index (χ4n) is 1.92. The summed E-state index contributed by atoms with van der Waals surface area (Å²) in [7, 11) is 0. The topological polar surface area (TPSA) is 69.4 Å². The Kier molecular flexibility index (Phi) is 4.68. The molecule has 0 bridgehead atoms. The van der Waals surface area contributed by atoms with E-state index in [9.17, 15) is 22.8 Å². The standard InChI is InChI=1S/C16H12F3NO3/c17-16(18,19)12-8-4-7-11(9-12)15(22)23-13(14(20)21)10-5-2-1-3-6-10/h1-9,13H,(H2,20,21)/t13-/m1/s1. The number of carbonyl (C=O) groups is 2. The zero-order valence-corrected chi connectivity index (χ0v) is 11.7. The highest BCUT2D eigenvalue weighted by Crippen LogP contribution is 2.30. The van der Waals surface area contributed by atoms with E-state index in [2.05, 4.69) is 0 Å². The Balaban J connectivity index is 2.25. The van der Waals surface area contributed by atoms with Crippen molar-refractivity contribution in [3.63, 3.8) is 0 Å². The first-order valence-electron chi connectivity index (χ1n) is 6.51. The molecule has 0 spiro atoms. The average Bonchev–Trinajstić information content (AvgIpc) is 2.52. The number of primary amides is 1. The zero-order chi connectivity index (χ0) is 17.0. The fourth-order valence-corrected chi connectivity index (χ4v) is 1.92. The number of nitrogens with two attached hydrogens (primary N) is 1. The molecule has 23 heavy (non-hydrogen) atoms. The van der Waals surface area contributed by atoms with Crippen LogP contribution < -0.4 is 5.73 Å². The van der Waals surface area contributed by atoms with Crippen LogP contribution in [0.1, 0.15) is 27.6 Å². The number of ether oxygens (including phenoxy) is 1. The van der Waals surface area contributed by atoms with Crippen LogP contribution in [0.3, 0.4) is 0 Å². The van der Waals surface area contributed by atoms with E-state index in [1.807, 2.05) is 0 Å². The summed E-state index contributed by atoms with van der Waals surface area (Å²) in [5, 5.41) is 0. The molecule has 2 N–H and O–H groups in total. The molecule has 4 nitrogen and oxygen atoms in total. The largest absolute Gasteiger partial charge is 0.444 e. The molecule has 0 radical (unpaired) electrons. The molecular formula is C16H12F3NO3. The summed E-state index contributed by atoms with van der Waals surface area (Å²) in [4.78, 5) is 23.5. The van der Waals surface area contributed by atoms with Gasteiger partial charge in [0.1, 0.15) is 0 Å². The van der Waals surface area contributed by atoms with Gasteiger partial charge in [0.05, 0.1) is 11.1 Å². The van der Waals surface area contributed by atoms with Crippen LogP contribution in [0.15, 0.2) is 54.6 Å². The summed E-state index contributed by atoms with van der Waals surface area (Å²) >= 11 is 0. The normalized spacial score (nSPS) is 12.5. The van der Waals surface area contributed by atoms with Crippen molar-refractivity contribution in [3.05, 3.63) is 71.3 Å². The van der Waals surface area contributed by atoms with Crippen LogP contribution in [0.5, 0.6) is 0 Å². The van der Waals surface area contributed by atoms with Gasteiger partial charge in [0.15, 0.2) is 0 Å². The van der Waals surface area contributed by atoms with Gasteiger partial charge in [-0.1, -0.05) is 36.4 Å².